The van der Waals surface area contributed by atoms with E-state index in [9.17, 15) is 0 Å². The smallest absolute Gasteiger partial charge is 0.127 e. The lowest BCUT2D eigenvalue weighted by atomic mass is 10.1. The Morgan fingerprint density at radius 1 is 1.38 bits per heavy atom. The van der Waals surface area contributed by atoms with E-state index in [1.807, 2.05) is 14.0 Å². The minimum absolute atomic E-state index is 0.263. The summed E-state index contributed by atoms with van der Waals surface area (Å²) in [5.74, 6) is 1.36. The summed E-state index contributed by atoms with van der Waals surface area (Å²) in [5, 5.41) is 4.26. The molecule has 0 aliphatic heterocycles. The van der Waals surface area contributed by atoms with Gasteiger partial charge in [-0.2, -0.15) is 5.10 Å². The van der Waals surface area contributed by atoms with Crippen LogP contribution in [0.1, 0.15) is 38.4 Å². The Hall–Kier alpha value is -1.03. The molecule has 0 aliphatic rings. The first kappa shape index (κ1) is 13.0. The molecule has 4 nitrogen and oxygen atoms in total. The lowest BCUT2D eigenvalue weighted by molar-refractivity contribution is 0.0397. The summed E-state index contributed by atoms with van der Waals surface area (Å²) >= 11 is 0. The van der Waals surface area contributed by atoms with Crippen molar-refractivity contribution in [3.8, 4) is 0 Å². The van der Waals surface area contributed by atoms with Crippen LogP contribution in [0.15, 0.2) is 0 Å². The molecule has 0 aliphatic carbocycles. The van der Waals surface area contributed by atoms with Crippen molar-refractivity contribution >= 4 is 5.82 Å². The van der Waals surface area contributed by atoms with E-state index < -0.39 is 0 Å². The molecular weight excluding hydrogens is 202 g/mol. The molecule has 1 unspecified atom stereocenters. The molecule has 16 heavy (non-hydrogen) atoms. The van der Waals surface area contributed by atoms with Crippen LogP contribution in [0.2, 0.25) is 0 Å². The summed E-state index contributed by atoms with van der Waals surface area (Å²) in [4.78, 5) is 0. The molecule has 92 valence electrons. The van der Waals surface area contributed by atoms with Gasteiger partial charge >= 0.3 is 0 Å². The van der Waals surface area contributed by atoms with Crippen molar-refractivity contribution in [2.24, 2.45) is 13.0 Å². The number of hydrogen-bond acceptors (Lipinski definition) is 3. The van der Waals surface area contributed by atoms with Gasteiger partial charge in [0.05, 0.1) is 18.4 Å². The highest BCUT2D eigenvalue weighted by Crippen LogP contribution is 2.18. The Morgan fingerprint density at radius 2 is 2.00 bits per heavy atom. The third-order valence-electron chi connectivity index (χ3n) is 2.71. The van der Waals surface area contributed by atoms with E-state index in [0.717, 1.165) is 17.7 Å². The molecule has 0 fully saturated rings. The Balaban J connectivity index is 2.54. The summed E-state index contributed by atoms with van der Waals surface area (Å²) in [6.45, 7) is 9.01. The highest BCUT2D eigenvalue weighted by Gasteiger charge is 2.12. The molecule has 0 spiro atoms. The predicted molar refractivity (Wildman–Crippen MR) is 66.1 cm³/mol. The normalized spacial score (nSPS) is 13.4. The highest BCUT2D eigenvalue weighted by atomic mass is 16.5. The van der Waals surface area contributed by atoms with E-state index in [-0.39, 0.29) is 6.10 Å². The van der Waals surface area contributed by atoms with E-state index in [4.69, 9.17) is 10.5 Å². The first-order chi connectivity index (χ1) is 7.41. The number of anilines is 1. The van der Waals surface area contributed by atoms with Gasteiger partial charge in [-0.25, -0.2) is 0 Å². The molecule has 1 heterocycles. The zero-order chi connectivity index (χ0) is 12.3. The van der Waals surface area contributed by atoms with Crippen LogP contribution in [-0.4, -0.2) is 15.9 Å². The fraction of sp³-hybridized carbons (Fsp3) is 0.750. The minimum Gasteiger partial charge on any atom is -0.384 e. The zero-order valence-electron chi connectivity index (χ0n) is 10.9. The second kappa shape index (κ2) is 5.34. The molecule has 0 amide bonds. The monoisotopic (exact) mass is 225 g/mol. The lowest BCUT2D eigenvalue weighted by Crippen LogP contribution is -2.12. The van der Waals surface area contributed by atoms with Crippen molar-refractivity contribution in [3.63, 3.8) is 0 Å². The van der Waals surface area contributed by atoms with Gasteiger partial charge in [0.25, 0.3) is 0 Å². The molecule has 1 aromatic rings. The molecular formula is C12H23N3O. The van der Waals surface area contributed by atoms with Gasteiger partial charge in [-0.1, -0.05) is 13.8 Å². The van der Waals surface area contributed by atoms with Crippen LogP contribution in [-0.2, 0) is 18.4 Å². The topological polar surface area (TPSA) is 53.1 Å². The number of rotatable bonds is 5. The third-order valence-corrected chi connectivity index (χ3v) is 2.71. The highest BCUT2D eigenvalue weighted by molar-refractivity contribution is 5.42. The van der Waals surface area contributed by atoms with Crippen LogP contribution in [0.3, 0.4) is 0 Å². The average molecular weight is 225 g/mol. The SMILES string of the molecule is Cc1nn(C)c(N)c1COC(C)CC(C)C. The zero-order valence-corrected chi connectivity index (χ0v) is 10.9. The number of nitrogens with zero attached hydrogens (tertiary/aromatic N) is 2. The van der Waals surface area contributed by atoms with Gasteiger partial charge in [-0.3, -0.25) is 4.68 Å². The molecule has 1 atom stereocenters. The Morgan fingerprint density at radius 3 is 2.44 bits per heavy atom. The van der Waals surface area contributed by atoms with Gasteiger partial charge in [0.1, 0.15) is 5.82 Å². The van der Waals surface area contributed by atoms with E-state index in [1.54, 1.807) is 4.68 Å². The van der Waals surface area contributed by atoms with Gasteiger partial charge in [-0.05, 0) is 26.2 Å². The first-order valence-corrected chi connectivity index (χ1v) is 5.81. The van der Waals surface area contributed by atoms with Gasteiger partial charge in [0, 0.05) is 12.6 Å². The predicted octanol–water partition coefficient (Wildman–Crippen LogP) is 2.26. The van der Waals surface area contributed by atoms with Crippen LogP contribution in [0.25, 0.3) is 0 Å². The van der Waals surface area contributed by atoms with Gasteiger partial charge in [0.15, 0.2) is 0 Å². The minimum atomic E-state index is 0.263. The largest absolute Gasteiger partial charge is 0.384 e. The van der Waals surface area contributed by atoms with Gasteiger partial charge < -0.3 is 10.5 Å². The number of aromatic nitrogens is 2. The summed E-state index contributed by atoms with van der Waals surface area (Å²) in [6.07, 6.45) is 1.33. The van der Waals surface area contributed by atoms with E-state index in [1.165, 1.54) is 0 Å². The molecule has 0 radical (unpaired) electrons. The molecule has 2 N–H and O–H groups in total. The van der Waals surface area contributed by atoms with Gasteiger partial charge in [-0.15, -0.1) is 0 Å². The van der Waals surface area contributed by atoms with Crippen LogP contribution >= 0.6 is 0 Å². The van der Waals surface area contributed by atoms with Crippen molar-refractivity contribution in [1.29, 1.82) is 0 Å². The summed E-state index contributed by atoms with van der Waals surface area (Å²) in [5.41, 5.74) is 7.88. The van der Waals surface area contributed by atoms with Crippen molar-refractivity contribution in [3.05, 3.63) is 11.3 Å². The molecule has 1 aromatic heterocycles. The van der Waals surface area contributed by atoms with Crippen molar-refractivity contribution < 1.29 is 4.74 Å². The number of aryl methyl sites for hydroxylation is 2. The summed E-state index contributed by atoms with van der Waals surface area (Å²) in [6, 6.07) is 0. The van der Waals surface area contributed by atoms with Crippen LogP contribution in [0.4, 0.5) is 5.82 Å². The summed E-state index contributed by atoms with van der Waals surface area (Å²) in [7, 11) is 1.85. The number of ether oxygens (including phenoxy) is 1. The van der Waals surface area contributed by atoms with Gasteiger partial charge in [0.2, 0.25) is 0 Å². The lowest BCUT2D eigenvalue weighted by Gasteiger charge is -2.15. The molecule has 0 saturated heterocycles. The van der Waals surface area contributed by atoms with E-state index in [2.05, 4.69) is 25.9 Å². The first-order valence-electron chi connectivity index (χ1n) is 5.81. The van der Waals surface area contributed by atoms with Crippen molar-refractivity contribution in [1.82, 2.24) is 9.78 Å². The van der Waals surface area contributed by atoms with Crippen molar-refractivity contribution in [2.75, 3.05) is 5.73 Å². The van der Waals surface area contributed by atoms with Crippen molar-refractivity contribution in [2.45, 2.75) is 46.8 Å². The fourth-order valence-electron chi connectivity index (χ4n) is 1.86. The molecule has 4 heteroatoms. The number of nitrogen functional groups attached to an aromatic ring is 1. The quantitative estimate of drug-likeness (QED) is 0.836. The number of hydrogen-bond donors (Lipinski definition) is 1. The Kier molecular flexibility index (Phi) is 4.35. The van der Waals surface area contributed by atoms with Crippen LogP contribution in [0.5, 0.6) is 0 Å². The fourth-order valence-corrected chi connectivity index (χ4v) is 1.86. The third kappa shape index (κ3) is 3.23. The molecule has 0 bridgehead atoms. The molecule has 0 saturated carbocycles. The second-order valence-electron chi connectivity index (χ2n) is 4.82. The number of nitrogens with two attached hydrogens (primary N) is 1. The Bertz CT molecular complexity index is 344. The molecule has 1 rings (SSSR count). The average Bonchev–Trinajstić information content (AvgIpc) is 2.38. The maximum Gasteiger partial charge on any atom is 0.127 e. The second-order valence-corrected chi connectivity index (χ2v) is 4.82. The van der Waals surface area contributed by atoms with Crippen LogP contribution < -0.4 is 5.73 Å². The van der Waals surface area contributed by atoms with Crippen LogP contribution in [0, 0.1) is 12.8 Å². The standard InChI is InChI=1S/C12H23N3O/c1-8(2)6-9(3)16-7-11-10(4)14-15(5)12(11)13/h8-9H,6-7,13H2,1-5H3. The van der Waals surface area contributed by atoms with E-state index in [0.29, 0.717) is 18.3 Å². The maximum atomic E-state index is 5.91. The molecule has 0 aromatic carbocycles. The summed E-state index contributed by atoms with van der Waals surface area (Å²) < 4.78 is 7.48. The Labute approximate surface area is 97.8 Å². The van der Waals surface area contributed by atoms with E-state index >= 15 is 0 Å². The maximum absolute atomic E-state index is 5.91.